The topological polar surface area (TPSA) is 53.6 Å². The monoisotopic (exact) mass is 423 g/mol. The summed E-state index contributed by atoms with van der Waals surface area (Å²) in [6.07, 6.45) is 5.71. The van der Waals surface area contributed by atoms with Crippen molar-refractivity contribution in [3.63, 3.8) is 0 Å². The quantitative estimate of drug-likeness (QED) is 0.529. The minimum atomic E-state index is 0.0594. The first kappa shape index (κ1) is 23.3. The van der Waals surface area contributed by atoms with Crippen molar-refractivity contribution in [2.24, 2.45) is 0 Å². The van der Waals surface area contributed by atoms with Gasteiger partial charge in [-0.1, -0.05) is 55.0 Å². The Bertz CT molecular complexity index is 796. The van der Waals surface area contributed by atoms with Gasteiger partial charge in [-0.25, -0.2) is 0 Å². The minimum absolute atomic E-state index is 0.0594. The molecule has 2 aromatic rings. The van der Waals surface area contributed by atoms with E-state index in [1.54, 1.807) is 14.0 Å². The number of carbonyl (C=O) groups is 1. The van der Waals surface area contributed by atoms with Crippen LogP contribution >= 0.6 is 0 Å². The van der Waals surface area contributed by atoms with Gasteiger partial charge in [-0.05, 0) is 50.4 Å². The normalized spacial score (nSPS) is 19.2. The van der Waals surface area contributed by atoms with Gasteiger partial charge in [0.1, 0.15) is 5.75 Å². The number of methoxy groups -OCH3 is 1. The lowest BCUT2D eigenvalue weighted by Crippen LogP contribution is -2.48. The molecular formula is C26H37N3O2. The molecule has 1 aliphatic heterocycles. The van der Waals surface area contributed by atoms with Crippen molar-refractivity contribution in [1.29, 1.82) is 0 Å². The van der Waals surface area contributed by atoms with Gasteiger partial charge in [-0.15, -0.1) is 0 Å². The molecule has 0 unspecified atom stereocenters. The number of rotatable bonds is 11. The summed E-state index contributed by atoms with van der Waals surface area (Å²) in [5.41, 5.74) is 2.59. The van der Waals surface area contributed by atoms with Crippen molar-refractivity contribution in [2.45, 2.75) is 57.7 Å². The predicted octanol–water partition coefficient (Wildman–Crippen LogP) is 4.30. The van der Waals surface area contributed by atoms with Crippen molar-refractivity contribution in [1.82, 2.24) is 15.5 Å². The maximum absolute atomic E-state index is 11.0. The maximum atomic E-state index is 11.0. The zero-order valence-electron chi connectivity index (χ0n) is 19.0. The average molecular weight is 424 g/mol. The standard InChI is InChI=1S/C26H37N3O2/c1-21(30)27-17-9-4-10-18-29-19-11-15-24(26(29)22-12-5-3-6-13-22)28-20-23-14-7-8-16-25(23)31-2/h3,5-8,12-14,16,24,26,28H,4,9-11,15,17-20H2,1-2H3,(H,27,30)/t24-,26-/m0/s1. The van der Waals surface area contributed by atoms with Crippen molar-refractivity contribution in [3.8, 4) is 5.75 Å². The van der Waals surface area contributed by atoms with Gasteiger partial charge in [0.15, 0.2) is 0 Å². The number of nitrogens with zero attached hydrogens (tertiary/aromatic N) is 1. The van der Waals surface area contributed by atoms with Crippen LogP contribution in [0.2, 0.25) is 0 Å². The molecule has 1 saturated heterocycles. The lowest BCUT2D eigenvalue weighted by Gasteiger charge is -2.42. The van der Waals surface area contributed by atoms with Crippen molar-refractivity contribution < 1.29 is 9.53 Å². The van der Waals surface area contributed by atoms with Crippen molar-refractivity contribution in [2.75, 3.05) is 26.7 Å². The summed E-state index contributed by atoms with van der Waals surface area (Å²) < 4.78 is 5.54. The van der Waals surface area contributed by atoms with E-state index in [0.29, 0.717) is 12.1 Å². The highest BCUT2D eigenvalue weighted by Gasteiger charge is 2.32. The van der Waals surface area contributed by atoms with Gasteiger partial charge in [0, 0.05) is 31.6 Å². The molecule has 2 N–H and O–H groups in total. The Balaban J connectivity index is 1.63. The van der Waals surface area contributed by atoms with Crippen LogP contribution in [-0.2, 0) is 11.3 Å². The third-order valence-corrected chi connectivity index (χ3v) is 6.12. The van der Waals surface area contributed by atoms with Crippen LogP contribution in [0.5, 0.6) is 5.75 Å². The lowest BCUT2D eigenvalue weighted by molar-refractivity contribution is -0.118. The Morgan fingerprint density at radius 3 is 2.61 bits per heavy atom. The minimum Gasteiger partial charge on any atom is -0.496 e. The first-order chi connectivity index (χ1) is 15.2. The van der Waals surface area contributed by atoms with Gasteiger partial charge in [-0.2, -0.15) is 0 Å². The Hall–Kier alpha value is -2.37. The van der Waals surface area contributed by atoms with Crippen LogP contribution in [-0.4, -0.2) is 43.6 Å². The summed E-state index contributed by atoms with van der Waals surface area (Å²) in [6, 6.07) is 19.9. The van der Waals surface area contributed by atoms with E-state index in [0.717, 1.165) is 51.2 Å². The largest absolute Gasteiger partial charge is 0.496 e. The van der Waals surface area contributed by atoms with Crippen LogP contribution in [0.15, 0.2) is 54.6 Å². The Kier molecular flexibility index (Phi) is 9.38. The zero-order valence-corrected chi connectivity index (χ0v) is 19.0. The van der Waals surface area contributed by atoms with Gasteiger partial charge in [0.25, 0.3) is 0 Å². The molecule has 5 nitrogen and oxygen atoms in total. The summed E-state index contributed by atoms with van der Waals surface area (Å²) >= 11 is 0. The van der Waals surface area contributed by atoms with Gasteiger partial charge >= 0.3 is 0 Å². The van der Waals surface area contributed by atoms with Crippen LogP contribution in [0.3, 0.4) is 0 Å². The van der Waals surface area contributed by atoms with E-state index in [-0.39, 0.29) is 5.91 Å². The van der Waals surface area contributed by atoms with Gasteiger partial charge in [-0.3, -0.25) is 9.69 Å². The summed E-state index contributed by atoms with van der Waals surface area (Å²) in [5.74, 6) is 1.00. The number of amides is 1. The summed E-state index contributed by atoms with van der Waals surface area (Å²) in [6.45, 7) is 5.39. The van der Waals surface area contributed by atoms with E-state index in [2.05, 4.69) is 58.0 Å². The predicted molar refractivity (Wildman–Crippen MR) is 126 cm³/mol. The molecule has 0 radical (unpaired) electrons. The second kappa shape index (κ2) is 12.5. The van der Waals surface area contributed by atoms with Crippen LogP contribution < -0.4 is 15.4 Å². The van der Waals surface area contributed by atoms with Crippen LogP contribution in [0.1, 0.15) is 56.2 Å². The Labute approximate surface area is 187 Å². The van der Waals surface area contributed by atoms with E-state index in [4.69, 9.17) is 4.74 Å². The molecule has 2 atom stereocenters. The molecule has 0 bridgehead atoms. The molecule has 0 aromatic heterocycles. The fraction of sp³-hybridized carbons (Fsp3) is 0.500. The number of piperidine rings is 1. The number of hydrogen-bond acceptors (Lipinski definition) is 4. The highest BCUT2D eigenvalue weighted by atomic mass is 16.5. The van der Waals surface area contributed by atoms with Crippen molar-refractivity contribution >= 4 is 5.91 Å². The fourth-order valence-electron chi connectivity index (χ4n) is 4.59. The smallest absolute Gasteiger partial charge is 0.216 e. The molecule has 2 aromatic carbocycles. The molecule has 1 aliphatic rings. The molecule has 0 spiro atoms. The molecule has 5 heteroatoms. The molecule has 3 rings (SSSR count). The molecular weight excluding hydrogens is 386 g/mol. The summed E-state index contributed by atoms with van der Waals surface area (Å²) in [4.78, 5) is 13.7. The highest BCUT2D eigenvalue weighted by Crippen LogP contribution is 2.32. The van der Waals surface area contributed by atoms with Crippen molar-refractivity contribution in [3.05, 3.63) is 65.7 Å². The van der Waals surface area contributed by atoms with Crippen LogP contribution in [0.4, 0.5) is 0 Å². The first-order valence-corrected chi connectivity index (χ1v) is 11.6. The third kappa shape index (κ3) is 7.08. The molecule has 31 heavy (non-hydrogen) atoms. The fourth-order valence-corrected chi connectivity index (χ4v) is 4.59. The number of carbonyl (C=O) groups excluding carboxylic acids is 1. The SMILES string of the molecule is COc1ccccc1CN[C@H]1CCCN(CCCCCNC(C)=O)[C@H]1c1ccccc1. The average Bonchev–Trinajstić information content (AvgIpc) is 2.80. The van der Waals surface area contributed by atoms with E-state index in [1.807, 2.05) is 12.1 Å². The van der Waals surface area contributed by atoms with Crippen LogP contribution in [0, 0.1) is 0 Å². The molecule has 1 amide bonds. The molecule has 1 heterocycles. The third-order valence-electron chi connectivity index (χ3n) is 6.12. The van der Waals surface area contributed by atoms with Crippen LogP contribution in [0.25, 0.3) is 0 Å². The molecule has 0 saturated carbocycles. The van der Waals surface area contributed by atoms with E-state index >= 15 is 0 Å². The molecule has 1 fully saturated rings. The first-order valence-electron chi connectivity index (χ1n) is 11.6. The number of para-hydroxylation sites is 1. The van der Waals surface area contributed by atoms with E-state index in [1.165, 1.54) is 24.0 Å². The zero-order chi connectivity index (χ0) is 21.9. The Morgan fingerprint density at radius 2 is 1.84 bits per heavy atom. The van der Waals surface area contributed by atoms with Gasteiger partial charge in [0.05, 0.1) is 13.2 Å². The van der Waals surface area contributed by atoms with E-state index in [9.17, 15) is 4.79 Å². The van der Waals surface area contributed by atoms with Gasteiger partial charge in [0.2, 0.25) is 5.91 Å². The Morgan fingerprint density at radius 1 is 1.06 bits per heavy atom. The second-order valence-electron chi connectivity index (χ2n) is 8.38. The number of nitrogens with one attached hydrogen (secondary N) is 2. The summed E-state index contributed by atoms with van der Waals surface area (Å²) in [7, 11) is 1.74. The maximum Gasteiger partial charge on any atom is 0.216 e. The lowest BCUT2D eigenvalue weighted by atomic mass is 9.89. The number of hydrogen-bond donors (Lipinski definition) is 2. The number of ether oxygens (including phenoxy) is 1. The van der Waals surface area contributed by atoms with E-state index < -0.39 is 0 Å². The number of unbranched alkanes of at least 4 members (excludes halogenated alkanes) is 2. The van der Waals surface area contributed by atoms with Gasteiger partial charge < -0.3 is 15.4 Å². The second-order valence-corrected chi connectivity index (χ2v) is 8.38. The highest BCUT2D eigenvalue weighted by molar-refractivity contribution is 5.72. The number of benzene rings is 2. The molecule has 168 valence electrons. The summed E-state index contributed by atoms with van der Waals surface area (Å²) in [5, 5.41) is 6.74. The number of likely N-dealkylation sites (tertiary alicyclic amines) is 1. The molecule has 0 aliphatic carbocycles.